The molecule has 0 saturated heterocycles. The van der Waals surface area contributed by atoms with E-state index in [0.717, 1.165) is 21.5 Å². The Kier molecular flexibility index (Phi) is 2.44. The Balaban J connectivity index is 2.27. The summed E-state index contributed by atoms with van der Waals surface area (Å²) in [6.45, 7) is 2.07. The Labute approximate surface area is 107 Å². The highest BCUT2D eigenvalue weighted by Gasteiger charge is 2.07. The Morgan fingerprint density at radius 3 is 2.82 bits per heavy atom. The number of hydrogen-bond donors (Lipinski definition) is 0. The molecule has 2 aromatic heterocycles. The molecule has 0 saturated carbocycles. The van der Waals surface area contributed by atoms with Gasteiger partial charge in [-0.15, -0.1) is 10.2 Å². The first-order valence-corrected chi connectivity index (χ1v) is 6.11. The standard InChI is InChI=1S/C13H10BrN3/c1-9-3-2-4-10(7-9)13-16-15-12-6-5-11(14)8-17(12)13/h2-8H,1H3. The number of hydrogen-bond acceptors (Lipinski definition) is 2. The zero-order chi connectivity index (χ0) is 11.8. The normalized spacial score (nSPS) is 10.9. The molecule has 0 atom stereocenters. The zero-order valence-corrected chi connectivity index (χ0v) is 10.8. The van der Waals surface area contributed by atoms with Crippen LogP contribution in [0.3, 0.4) is 0 Å². The van der Waals surface area contributed by atoms with Gasteiger partial charge >= 0.3 is 0 Å². The van der Waals surface area contributed by atoms with Crippen LogP contribution in [0.25, 0.3) is 17.0 Å². The van der Waals surface area contributed by atoms with E-state index in [4.69, 9.17) is 0 Å². The molecular weight excluding hydrogens is 278 g/mol. The van der Waals surface area contributed by atoms with Gasteiger partial charge in [0.25, 0.3) is 0 Å². The van der Waals surface area contributed by atoms with Crippen molar-refractivity contribution < 1.29 is 0 Å². The van der Waals surface area contributed by atoms with Crippen LogP contribution in [0, 0.1) is 6.92 Å². The molecule has 0 aliphatic carbocycles. The van der Waals surface area contributed by atoms with Gasteiger partial charge in [-0.05, 0) is 41.1 Å². The van der Waals surface area contributed by atoms with Crippen LogP contribution in [0.5, 0.6) is 0 Å². The quantitative estimate of drug-likeness (QED) is 0.686. The predicted molar refractivity (Wildman–Crippen MR) is 70.9 cm³/mol. The van der Waals surface area contributed by atoms with Gasteiger partial charge in [0, 0.05) is 16.2 Å². The maximum atomic E-state index is 4.24. The minimum absolute atomic E-state index is 0.852. The van der Waals surface area contributed by atoms with Crippen LogP contribution in [0.2, 0.25) is 0 Å². The van der Waals surface area contributed by atoms with Gasteiger partial charge in [-0.3, -0.25) is 4.40 Å². The molecule has 84 valence electrons. The molecule has 0 N–H and O–H groups in total. The lowest BCUT2D eigenvalue weighted by Gasteiger charge is -2.01. The topological polar surface area (TPSA) is 30.2 Å². The summed E-state index contributed by atoms with van der Waals surface area (Å²) in [4.78, 5) is 0. The van der Waals surface area contributed by atoms with Crippen molar-refractivity contribution in [3.05, 3.63) is 52.6 Å². The molecule has 0 bridgehead atoms. The highest BCUT2D eigenvalue weighted by molar-refractivity contribution is 9.10. The lowest BCUT2D eigenvalue weighted by molar-refractivity contribution is 1.11. The second kappa shape index (κ2) is 3.96. The van der Waals surface area contributed by atoms with Gasteiger partial charge in [0.2, 0.25) is 0 Å². The lowest BCUT2D eigenvalue weighted by atomic mass is 10.1. The molecule has 0 aliphatic rings. The highest BCUT2D eigenvalue weighted by atomic mass is 79.9. The van der Waals surface area contributed by atoms with Gasteiger partial charge < -0.3 is 0 Å². The molecule has 0 radical (unpaired) electrons. The molecule has 17 heavy (non-hydrogen) atoms. The molecule has 0 amide bonds. The van der Waals surface area contributed by atoms with Crippen molar-refractivity contribution in [1.82, 2.24) is 14.6 Å². The van der Waals surface area contributed by atoms with E-state index in [1.54, 1.807) is 0 Å². The average molecular weight is 288 g/mol. The van der Waals surface area contributed by atoms with Crippen molar-refractivity contribution in [3.63, 3.8) is 0 Å². The Bertz CT molecular complexity index is 688. The van der Waals surface area contributed by atoms with Gasteiger partial charge in [0.05, 0.1) is 0 Å². The largest absolute Gasteiger partial charge is 0.281 e. The fourth-order valence-corrected chi connectivity index (χ4v) is 2.18. The predicted octanol–water partition coefficient (Wildman–Crippen LogP) is 3.47. The molecule has 0 fully saturated rings. The Hall–Kier alpha value is -1.68. The second-order valence-electron chi connectivity index (χ2n) is 3.97. The summed E-state index contributed by atoms with van der Waals surface area (Å²) >= 11 is 3.46. The van der Waals surface area contributed by atoms with E-state index in [0.29, 0.717) is 0 Å². The summed E-state index contributed by atoms with van der Waals surface area (Å²) in [6, 6.07) is 12.2. The second-order valence-corrected chi connectivity index (χ2v) is 4.88. The third-order valence-corrected chi connectivity index (χ3v) is 3.11. The number of benzene rings is 1. The van der Waals surface area contributed by atoms with Crippen LogP contribution in [-0.4, -0.2) is 14.6 Å². The van der Waals surface area contributed by atoms with E-state index in [-0.39, 0.29) is 0 Å². The van der Waals surface area contributed by atoms with Crippen LogP contribution in [0.15, 0.2) is 47.1 Å². The first-order chi connectivity index (χ1) is 8.24. The summed E-state index contributed by atoms with van der Waals surface area (Å²) < 4.78 is 3.00. The van der Waals surface area contributed by atoms with E-state index in [1.165, 1.54) is 5.56 Å². The van der Waals surface area contributed by atoms with Crippen LogP contribution in [0.1, 0.15) is 5.56 Å². The number of fused-ring (bicyclic) bond motifs is 1. The first-order valence-electron chi connectivity index (χ1n) is 5.31. The fraction of sp³-hybridized carbons (Fsp3) is 0.0769. The number of aromatic nitrogens is 3. The number of halogens is 1. The van der Waals surface area contributed by atoms with Crippen molar-refractivity contribution in [2.75, 3.05) is 0 Å². The van der Waals surface area contributed by atoms with Gasteiger partial charge in [-0.1, -0.05) is 23.8 Å². The Morgan fingerprint density at radius 1 is 1.12 bits per heavy atom. The van der Waals surface area contributed by atoms with Gasteiger partial charge in [0.15, 0.2) is 11.5 Å². The summed E-state index contributed by atoms with van der Waals surface area (Å²) in [5.74, 6) is 0.866. The molecule has 4 heteroatoms. The summed E-state index contributed by atoms with van der Waals surface area (Å²) in [7, 11) is 0. The minimum atomic E-state index is 0.852. The molecule has 0 spiro atoms. The monoisotopic (exact) mass is 287 g/mol. The first kappa shape index (κ1) is 10.5. The third-order valence-electron chi connectivity index (χ3n) is 2.64. The van der Waals surface area contributed by atoms with Crippen LogP contribution >= 0.6 is 15.9 Å². The molecule has 0 unspecified atom stereocenters. The number of pyridine rings is 1. The molecular formula is C13H10BrN3. The third kappa shape index (κ3) is 1.85. The zero-order valence-electron chi connectivity index (χ0n) is 9.26. The maximum Gasteiger partial charge on any atom is 0.168 e. The maximum absolute atomic E-state index is 4.24. The summed E-state index contributed by atoms with van der Waals surface area (Å²) in [5, 5.41) is 8.40. The van der Waals surface area contributed by atoms with Crippen molar-refractivity contribution in [3.8, 4) is 11.4 Å². The van der Waals surface area contributed by atoms with E-state index in [2.05, 4.69) is 45.2 Å². The minimum Gasteiger partial charge on any atom is -0.281 e. The van der Waals surface area contributed by atoms with Crippen LogP contribution in [0.4, 0.5) is 0 Å². The highest BCUT2D eigenvalue weighted by Crippen LogP contribution is 2.21. The van der Waals surface area contributed by atoms with Crippen molar-refractivity contribution in [2.24, 2.45) is 0 Å². The van der Waals surface area contributed by atoms with Gasteiger partial charge in [-0.25, -0.2) is 0 Å². The molecule has 0 aliphatic heterocycles. The SMILES string of the molecule is Cc1cccc(-c2nnc3ccc(Br)cn23)c1. The molecule has 3 nitrogen and oxygen atoms in total. The van der Waals surface area contributed by atoms with E-state index in [9.17, 15) is 0 Å². The smallest absolute Gasteiger partial charge is 0.168 e. The molecule has 3 rings (SSSR count). The van der Waals surface area contributed by atoms with E-state index < -0.39 is 0 Å². The number of nitrogens with zero attached hydrogens (tertiary/aromatic N) is 3. The van der Waals surface area contributed by atoms with Crippen LogP contribution < -0.4 is 0 Å². The van der Waals surface area contributed by atoms with Gasteiger partial charge in [0.1, 0.15) is 0 Å². The van der Waals surface area contributed by atoms with Crippen molar-refractivity contribution in [2.45, 2.75) is 6.92 Å². The van der Waals surface area contributed by atoms with Crippen molar-refractivity contribution in [1.29, 1.82) is 0 Å². The Morgan fingerprint density at radius 2 is 2.00 bits per heavy atom. The molecule has 3 aromatic rings. The van der Waals surface area contributed by atoms with Crippen molar-refractivity contribution >= 4 is 21.6 Å². The van der Waals surface area contributed by atoms with Gasteiger partial charge in [-0.2, -0.15) is 0 Å². The number of rotatable bonds is 1. The number of aryl methyl sites for hydroxylation is 1. The van der Waals surface area contributed by atoms with E-state index >= 15 is 0 Å². The lowest BCUT2D eigenvalue weighted by Crippen LogP contribution is -1.89. The van der Waals surface area contributed by atoms with E-state index in [1.807, 2.05) is 34.9 Å². The summed E-state index contributed by atoms with van der Waals surface area (Å²) in [6.07, 6.45) is 1.98. The average Bonchev–Trinajstić information content (AvgIpc) is 2.71. The molecule has 1 aromatic carbocycles. The van der Waals surface area contributed by atoms with Crippen LogP contribution in [-0.2, 0) is 0 Å². The molecule has 2 heterocycles. The summed E-state index contributed by atoms with van der Waals surface area (Å²) in [5.41, 5.74) is 3.15. The fourth-order valence-electron chi connectivity index (χ4n) is 1.85.